The van der Waals surface area contributed by atoms with Gasteiger partial charge in [-0.1, -0.05) is 0 Å². The molecule has 3 heteroatoms. The minimum atomic E-state index is -0.243. The Labute approximate surface area is 71.3 Å². The van der Waals surface area contributed by atoms with Crippen molar-refractivity contribution < 1.29 is 9.53 Å². The summed E-state index contributed by atoms with van der Waals surface area (Å²) in [5.41, 5.74) is 5.89. The molecule has 1 heterocycles. The molecule has 5 unspecified atom stereocenters. The highest BCUT2D eigenvalue weighted by molar-refractivity contribution is 5.77. The number of rotatable bonds is 0. The van der Waals surface area contributed by atoms with Gasteiger partial charge in [0.05, 0.1) is 11.5 Å². The Balaban J connectivity index is 2.07. The summed E-state index contributed by atoms with van der Waals surface area (Å²) in [4.78, 5) is 11.3. The van der Waals surface area contributed by atoms with E-state index in [0.29, 0.717) is 11.8 Å². The van der Waals surface area contributed by atoms with E-state index < -0.39 is 0 Å². The fourth-order valence-electron chi connectivity index (χ4n) is 3.30. The second kappa shape index (κ2) is 1.69. The fraction of sp³-hybridized carbons (Fsp3) is 0.889. The van der Waals surface area contributed by atoms with E-state index in [4.69, 9.17) is 10.5 Å². The largest absolute Gasteiger partial charge is 0.460 e. The van der Waals surface area contributed by atoms with E-state index in [2.05, 4.69) is 0 Å². The zero-order valence-electron chi connectivity index (χ0n) is 7.12. The first-order valence-corrected chi connectivity index (χ1v) is 4.60. The monoisotopic (exact) mass is 167 g/mol. The average Bonchev–Trinajstić information content (AvgIpc) is 2.53. The van der Waals surface area contributed by atoms with Crippen LogP contribution in [0.15, 0.2) is 0 Å². The minimum Gasteiger partial charge on any atom is -0.460 e. The normalized spacial score (nSPS) is 61.0. The standard InChI is InChI=1S/C9H13NO2/c1-9(10)4-2-5-6(3-4)8(11)12-7(5)9/h4-7H,2-3,10H2,1H3. The Morgan fingerprint density at radius 3 is 2.92 bits per heavy atom. The van der Waals surface area contributed by atoms with E-state index in [-0.39, 0.29) is 23.5 Å². The summed E-state index contributed by atoms with van der Waals surface area (Å²) in [5, 5.41) is 0. The van der Waals surface area contributed by atoms with Gasteiger partial charge in [0.2, 0.25) is 0 Å². The van der Waals surface area contributed by atoms with Crippen molar-refractivity contribution >= 4 is 5.97 Å². The highest BCUT2D eigenvalue weighted by Crippen LogP contribution is 2.57. The molecule has 0 radical (unpaired) electrons. The van der Waals surface area contributed by atoms with Crippen LogP contribution in [0.1, 0.15) is 19.8 Å². The van der Waals surface area contributed by atoms with E-state index >= 15 is 0 Å². The zero-order chi connectivity index (χ0) is 8.51. The van der Waals surface area contributed by atoms with Gasteiger partial charge in [-0.3, -0.25) is 4.79 Å². The van der Waals surface area contributed by atoms with Gasteiger partial charge in [0, 0.05) is 5.92 Å². The third-order valence-corrected chi connectivity index (χ3v) is 4.04. The van der Waals surface area contributed by atoms with Gasteiger partial charge in [-0.15, -0.1) is 0 Å². The number of ether oxygens (including phenoxy) is 1. The maximum Gasteiger partial charge on any atom is 0.309 e. The van der Waals surface area contributed by atoms with Crippen molar-refractivity contribution in [1.82, 2.24) is 0 Å². The van der Waals surface area contributed by atoms with Gasteiger partial charge < -0.3 is 10.5 Å². The predicted molar refractivity (Wildman–Crippen MR) is 42.2 cm³/mol. The van der Waals surface area contributed by atoms with Gasteiger partial charge in [0.25, 0.3) is 0 Å². The lowest BCUT2D eigenvalue weighted by molar-refractivity contribution is -0.144. The lowest BCUT2D eigenvalue weighted by atomic mass is 9.78. The van der Waals surface area contributed by atoms with Crippen LogP contribution < -0.4 is 5.73 Å². The van der Waals surface area contributed by atoms with Gasteiger partial charge in [0.15, 0.2) is 0 Å². The van der Waals surface area contributed by atoms with Crippen LogP contribution in [0.2, 0.25) is 0 Å². The lowest BCUT2D eigenvalue weighted by Crippen LogP contribution is -2.51. The highest BCUT2D eigenvalue weighted by Gasteiger charge is 2.65. The molecule has 2 bridgehead atoms. The second-order valence-electron chi connectivity index (χ2n) is 4.66. The molecule has 12 heavy (non-hydrogen) atoms. The summed E-state index contributed by atoms with van der Waals surface area (Å²) >= 11 is 0. The Hall–Kier alpha value is -0.570. The third-order valence-electron chi connectivity index (χ3n) is 4.04. The Bertz CT molecular complexity index is 261. The second-order valence-corrected chi connectivity index (χ2v) is 4.66. The molecule has 2 N–H and O–H groups in total. The smallest absolute Gasteiger partial charge is 0.309 e. The van der Waals surface area contributed by atoms with Crippen molar-refractivity contribution in [2.24, 2.45) is 23.5 Å². The Morgan fingerprint density at radius 2 is 2.33 bits per heavy atom. The quantitative estimate of drug-likeness (QED) is 0.527. The van der Waals surface area contributed by atoms with Crippen LogP contribution >= 0.6 is 0 Å². The number of carbonyl (C=O) groups excluding carboxylic acids is 1. The van der Waals surface area contributed by atoms with Gasteiger partial charge in [-0.2, -0.15) is 0 Å². The molecule has 0 aromatic rings. The molecule has 0 amide bonds. The zero-order valence-corrected chi connectivity index (χ0v) is 7.12. The Morgan fingerprint density at radius 1 is 1.58 bits per heavy atom. The van der Waals surface area contributed by atoms with Crippen LogP contribution in [-0.4, -0.2) is 17.6 Å². The molecule has 0 aromatic carbocycles. The van der Waals surface area contributed by atoms with Gasteiger partial charge in [0.1, 0.15) is 6.10 Å². The van der Waals surface area contributed by atoms with Crippen molar-refractivity contribution in [1.29, 1.82) is 0 Å². The molecule has 5 atom stereocenters. The van der Waals surface area contributed by atoms with Gasteiger partial charge >= 0.3 is 5.97 Å². The first-order chi connectivity index (χ1) is 5.60. The summed E-state index contributed by atoms with van der Waals surface area (Å²) in [6.07, 6.45) is 2.09. The molecule has 0 spiro atoms. The summed E-state index contributed by atoms with van der Waals surface area (Å²) in [6.45, 7) is 2.02. The molecule has 1 aliphatic heterocycles. The molecule has 3 fully saturated rings. The number of fused-ring (bicyclic) bond motifs is 1. The summed E-state index contributed by atoms with van der Waals surface area (Å²) in [7, 11) is 0. The van der Waals surface area contributed by atoms with E-state index in [1.807, 2.05) is 6.92 Å². The number of hydrogen-bond donors (Lipinski definition) is 1. The van der Waals surface area contributed by atoms with E-state index in [1.165, 1.54) is 0 Å². The van der Waals surface area contributed by atoms with Crippen molar-refractivity contribution in [3.05, 3.63) is 0 Å². The number of hydrogen-bond acceptors (Lipinski definition) is 3. The lowest BCUT2D eigenvalue weighted by Gasteiger charge is -2.32. The van der Waals surface area contributed by atoms with Crippen LogP contribution in [0, 0.1) is 17.8 Å². The third kappa shape index (κ3) is 0.534. The van der Waals surface area contributed by atoms with E-state index in [0.717, 1.165) is 12.8 Å². The molecule has 2 saturated carbocycles. The van der Waals surface area contributed by atoms with Crippen molar-refractivity contribution in [3.8, 4) is 0 Å². The first kappa shape index (κ1) is 6.89. The van der Waals surface area contributed by atoms with Crippen LogP contribution in [-0.2, 0) is 9.53 Å². The van der Waals surface area contributed by atoms with Gasteiger partial charge in [-0.25, -0.2) is 0 Å². The van der Waals surface area contributed by atoms with Crippen LogP contribution in [0.25, 0.3) is 0 Å². The number of nitrogens with two attached hydrogens (primary N) is 1. The SMILES string of the molecule is CC1(N)C2CC3C(=O)OC1C3C2. The molecular weight excluding hydrogens is 154 g/mol. The molecule has 3 aliphatic rings. The summed E-state index contributed by atoms with van der Waals surface area (Å²) < 4.78 is 5.29. The first-order valence-electron chi connectivity index (χ1n) is 4.60. The number of carbonyl (C=O) groups is 1. The molecule has 0 aromatic heterocycles. The minimum absolute atomic E-state index is 0.00155. The van der Waals surface area contributed by atoms with Crippen molar-refractivity contribution in [2.45, 2.75) is 31.4 Å². The molecule has 3 nitrogen and oxygen atoms in total. The molecule has 3 rings (SSSR count). The average molecular weight is 167 g/mol. The van der Waals surface area contributed by atoms with Crippen molar-refractivity contribution in [2.75, 3.05) is 0 Å². The molecule has 2 aliphatic carbocycles. The van der Waals surface area contributed by atoms with Crippen LogP contribution in [0.4, 0.5) is 0 Å². The summed E-state index contributed by atoms with van der Waals surface area (Å²) in [6, 6.07) is 0. The molecule has 1 saturated heterocycles. The Kier molecular flexibility index (Phi) is 0.971. The van der Waals surface area contributed by atoms with Crippen LogP contribution in [0.3, 0.4) is 0 Å². The van der Waals surface area contributed by atoms with Gasteiger partial charge in [-0.05, 0) is 25.7 Å². The van der Waals surface area contributed by atoms with Crippen LogP contribution in [0.5, 0.6) is 0 Å². The van der Waals surface area contributed by atoms with E-state index in [1.54, 1.807) is 0 Å². The maximum atomic E-state index is 11.3. The maximum absolute atomic E-state index is 11.3. The van der Waals surface area contributed by atoms with Crippen molar-refractivity contribution in [3.63, 3.8) is 0 Å². The summed E-state index contributed by atoms with van der Waals surface area (Å²) in [5.74, 6) is 1.15. The fourth-order valence-corrected chi connectivity index (χ4v) is 3.30. The highest BCUT2D eigenvalue weighted by atomic mass is 16.6. The molecular formula is C9H13NO2. The topological polar surface area (TPSA) is 52.3 Å². The van der Waals surface area contributed by atoms with E-state index in [9.17, 15) is 4.79 Å². The number of esters is 1. The molecule has 66 valence electrons. The predicted octanol–water partition coefficient (Wildman–Crippen LogP) is 0.285.